The molecule has 2 fully saturated rings. The predicted octanol–water partition coefficient (Wildman–Crippen LogP) is 2.35. The van der Waals surface area contributed by atoms with Gasteiger partial charge in [0.1, 0.15) is 0 Å². The fourth-order valence-electron chi connectivity index (χ4n) is 3.17. The molecule has 0 radical (unpaired) electrons. The molecule has 2 heterocycles. The molecule has 2 saturated heterocycles. The second-order valence-electron chi connectivity index (χ2n) is 6.11. The van der Waals surface area contributed by atoms with Gasteiger partial charge in [-0.15, -0.1) is 0 Å². The van der Waals surface area contributed by atoms with E-state index in [0.29, 0.717) is 0 Å². The van der Waals surface area contributed by atoms with Gasteiger partial charge in [0, 0.05) is 0 Å². The van der Waals surface area contributed by atoms with E-state index in [0.717, 1.165) is 17.8 Å². The summed E-state index contributed by atoms with van der Waals surface area (Å²) in [6.45, 7) is 11.2. The first kappa shape index (κ1) is 12.4. The van der Waals surface area contributed by atoms with Crippen molar-refractivity contribution < 1.29 is 0 Å². The number of likely N-dealkylation sites (tertiary alicyclic amines) is 1. The zero-order valence-electron chi connectivity index (χ0n) is 11.0. The van der Waals surface area contributed by atoms with Crippen molar-refractivity contribution in [3.63, 3.8) is 0 Å². The summed E-state index contributed by atoms with van der Waals surface area (Å²) in [6, 6.07) is 0. The Morgan fingerprint density at radius 1 is 1.12 bits per heavy atom. The number of piperidine rings is 1. The van der Waals surface area contributed by atoms with Gasteiger partial charge in [0.15, 0.2) is 0 Å². The minimum atomic E-state index is 0.858. The highest BCUT2D eigenvalue weighted by Gasteiger charge is 2.28. The Labute approximate surface area is 101 Å². The molecular weight excluding hydrogens is 196 g/mol. The lowest BCUT2D eigenvalue weighted by molar-refractivity contribution is 0.147. The van der Waals surface area contributed by atoms with E-state index >= 15 is 0 Å². The molecule has 0 aromatic rings. The standard InChI is InChI=1S/C14H28N2/c1-12(2)4-8-16-9-5-13(6-10-16)14-3-7-15-11-14/h12-15H,3-11H2,1-2H3/t14-/m1/s1. The van der Waals surface area contributed by atoms with E-state index in [1.54, 1.807) is 0 Å². The van der Waals surface area contributed by atoms with Crippen LogP contribution in [0.3, 0.4) is 0 Å². The Balaban J connectivity index is 1.65. The second kappa shape index (κ2) is 6.02. The van der Waals surface area contributed by atoms with Gasteiger partial charge in [-0.1, -0.05) is 13.8 Å². The molecule has 2 heteroatoms. The van der Waals surface area contributed by atoms with Gasteiger partial charge in [-0.2, -0.15) is 0 Å². The summed E-state index contributed by atoms with van der Waals surface area (Å²) in [4.78, 5) is 2.68. The van der Waals surface area contributed by atoms with Crippen molar-refractivity contribution in [2.45, 2.75) is 39.5 Å². The largest absolute Gasteiger partial charge is 0.316 e. The van der Waals surface area contributed by atoms with Gasteiger partial charge in [0.2, 0.25) is 0 Å². The molecule has 2 aliphatic rings. The van der Waals surface area contributed by atoms with E-state index in [9.17, 15) is 0 Å². The maximum atomic E-state index is 3.51. The highest BCUT2D eigenvalue weighted by atomic mass is 15.1. The van der Waals surface area contributed by atoms with Crippen molar-refractivity contribution in [2.75, 3.05) is 32.7 Å². The summed E-state index contributed by atoms with van der Waals surface area (Å²) in [6.07, 6.45) is 5.70. The smallest absolute Gasteiger partial charge is 0.00160 e. The topological polar surface area (TPSA) is 15.3 Å². The van der Waals surface area contributed by atoms with Crippen molar-refractivity contribution >= 4 is 0 Å². The number of rotatable bonds is 4. The van der Waals surface area contributed by atoms with Crippen molar-refractivity contribution in [2.24, 2.45) is 17.8 Å². The van der Waals surface area contributed by atoms with E-state index in [2.05, 4.69) is 24.1 Å². The summed E-state index contributed by atoms with van der Waals surface area (Å²) in [5.41, 5.74) is 0. The molecule has 0 aromatic heterocycles. The van der Waals surface area contributed by atoms with Crippen LogP contribution in [-0.2, 0) is 0 Å². The Hall–Kier alpha value is -0.0800. The van der Waals surface area contributed by atoms with E-state index in [1.165, 1.54) is 58.4 Å². The summed E-state index contributed by atoms with van der Waals surface area (Å²) < 4.78 is 0. The second-order valence-corrected chi connectivity index (χ2v) is 6.11. The lowest BCUT2D eigenvalue weighted by atomic mass is 9.84. The third-order valence-corrected chi connectivity index (χ3v) is 4.42. The number of nitrogens with zero attached hydrogens (tertiary/aromatic N) is 1. The van der Waals surface area contributed by atoms with Crippen molar-refractivity contribution in [3.05, 3.63) is 0 Å². The van der Waals surface area contributed by atoms with Gasteiger partial charge >= 0.3 is 0 Å². The molecule has 0 bridgehead atoms. The summed E-state index contributed by atoms with van der Waals surface area (Å²) in [7, 11) is 0. The Morgan fingerprint density at radius 3 is 2.44 bits per heavy atom. The average Bonchev–Trinajstić information content (AvgIpc) is 2.80. The first-order valence-corrected chi connectivity index (χ1v) is 7.19. The van der Waals surface area contributed by atoms with Gasteiger partial charge in [0.05, 0.1) is 0 Å². The lowest BCUT2D eigenvalue weighted by Crippen LogP contribution is -2.37. The molecule has 2 rings (SSSR count). The highest BCUT2D eigenvalue weighted by molar-refractivity contribution is 4.82. The molecule has 1 atom stereocenters. The third-order valence-electron chi connectivity index (χ3n) is 4.42. The molecule has 2 aliphatic heterocycles. The molecule has 0 amide bonds. The molecule has 16 heavy (non-hydrogen) atoms. The van der Waals surface area contributed by atoms with Crippen LogP contribution in [0.15, 0.2) is 0 Å². The number of hydrogen-bond donors (Lipinski definition) is 1. The minimum Gasteiger partial charge on any atom is -0.316 e. The Kier molecular flexibility index (Phi) is 4.66. The highest BCUT2D eigenvalue weighted by Crippen LogP contribution is 2.28. The molecule has 0 saturated carbocycles. The monoisotopic (exact) mass is 224 g/mol. The first-order chi connectivity index (χ1) is 7.75. The van der Waals surface area contributed by atoms with Crippen LogP contribution in [0.4, 0.5) is 0 Å². The fourth-order valence-corrected chi connectivity index (χ4v) is 3.17. The number of nitrogens with one attached hydrogen (secondary N) is 1. The quantitative estimate of drug-likeness (QED) is 0.788. The SMILES string of the molecule is CC(C)CCN1CCC([C@@H]2CCNC2)CC1. The minimum absolute atomic E-state index is 0.858. The zero-order chi connectivity index (χ0) is 11.4. The molecule has 94 valence electrons. The first-order valence-electron chi connectivity index (χ1n) is 7.19. The van der Waals surface area contributed by atoms with Gasteiger partial charge in [0.25, 0.3) is 0 Å². The molecule has 0 aliphatic carbocycles. The van der Waals surface area contributed by atoms with Crippen molar-refractivity contribution in [1.29, 1.82) is 0 Å². The van der Waals surface area contributed by atoms with Crippen LogP contribution < -0.4 is 5.32 Å². The van der Waals surface area contributed by atoms with Gasteiger partial charge < -0.3 is 10.2 Å². The van der Waals surface area contributed by atoms with Crippen molar-refractivity contribution in [3.8, 4) is 0 Å². The van der Waals surface area contributed by atoms with Crippen LogP contribution >= 0.6 is 0 Å². The zero-order valence-corrected chi connectivity index (χ0v) is 11.0. The van der Waals surface area contributed by atoms with Crippen LogP contribution in [0, 0.1) is 17.8 Å². The average molecular weight is 224 g/mol. The normalized spacial score (nSPS) is 29.1. The molecule has 0 aromatic carbocycles. The van der Waals surface area contributed by atoms with Crippen LogP contribution in [-0.4, -0.2) is 37.6 Å². The van der Waals surface area contributed by atoms with Gasteiger partial charge in [-0.3, -0.25) is 0 Å². The predicted molar refractivity (Wildman–Crippen MR) is 69.6 cm³/mol. The molecule has 2 nitrogen and oxygen atoms in total. The lowest BCUT2D eigenvalue weighted by Gasteiger charge is -2.34. The molecular formula is C14H28N2. The molecule has 0 unspecified atom stereocenters. The van der Waals surface area contributed by atoms with E-state index in [-0.39, 0.29) is 0 Å². The van der Waals surface area contributed by atoms with E-state index in [4.69, 9.17) is 0 Å². The van der Waals surface area contributed by atoms with Crippen molar-refractivity contribution in [1.82, 2.24) is 10.2 Å². The summed E-state index contributed by atoms with van der Waals surface area (Å²) in [5, 5.41) is 3.51. The third kappa shape index (κ3) is 3.46. The summed E-state index contributed by atoms with van der Waals surface area (Å²) in [5.74, 6) is 2.87. The Bertz CT molecular complexity index is 189. The van der Waals surface area contributed by atoms with Crippen LogP contribution in [0.2, 0.25) is 0 Å². The van der Waals surface area contributed by atoms with Crippen LogP contribution in [0.5, 0.6) is 0 Å². The van der Waals surface area contributed by atoms with Crippen LogP contribution in [0.1, 0.15) is 39.5 Å². The van der Waals surface area contributed by atoms with E-state index in [1.807, 2.05) is 0 Å². The molecule has 1 N–H and O–H groups in total. The van der Waals surface area contributed by atoms with E-state index < -0.39 is 0 Å². The maximum Gasteiger partial charge on any atom is -0.00160 e. The number of hydrogen-bond acceptors (Lipinski definition) is 2. The van der Waals surface area contributed by atoms with Gasteiger partial charge in [-0.25, -0.2) is 0 Å². The fraction of sp³-hybridized carbons (Fsp3) is 1.00. The Morgan fingerprint density at radius 2 is 1.88 bits per heavy atom. The maximum absolute atomic E-state index is 3.51. The summed E-state index contributed by atoms with van der Waals surface area (Å²) >= 11 is 0. The molecule has 0 spiro atoms. The van der Waals surface area contributed by atoms with Gasteiger partial charge in [-0.05, 0) is 76.2 Å². The van der Waals surface area contributed by atoms with Crippen LogP contribution in [0.25, 0.3) is 0 Å².